The van der Waals surface area contributed by atoms with Crippen molar-refractivity contribution < 1.29 is 4.79 Å². The Kier molecular flexibility index (Phi) is 6.05. The van der Waals surface area contributed by atoms with Crippen LogP contribution in [0, 0.1) is 11.8 Å². The molecule has 0 spiro atoms. The molecule has 1 aliphatic rings. The van der Waals surface area contributed by atoms with Crippen molar-refractivity contribution in [1.82, 2.24) is 5.32 Å². The zero-order chi connectivity index (χ0) is 14.4. The monoisotopic (exact) mass is 294 g/mol. The standard InChI is InChI=1S/C16H26N2OS/c1-12-4-3-5-14(10-12)6-8-17-11-16-15(7-9-20-16)18-13(2)19/h7,9,12,14,17H,3-6,8,10-11H2,1-2H3,(H,18,19). The van der Waals surface area contributed by atoms with Crippen molar-refractivity contribution in [3.05, 3.63) is 16.3 Å². The number of hydrogen-bond acceptors (Lipinski definition) is 3. The lowest BCUT2D eigenvalue weighted by atomic mass is 9.81. The summed E-state index contributed by atoms with van der Waals surface area (Å²) in [5.74, 6) is 1.82. The minimum Gasteiger partial charge on any atom is -0.325 e. The number of thiophene rings is 1. The number of carbonyl (C=O) groups excluding carboxylic acids is 1. The number of hydrogen-bond donors (Lipinski definition) is 2. The summed E-state index contributed by atoms with van der Waals surface area (Å²) in [4.78, 5) is 12.3. The van der Waals surface area contributed by atoms with Gasteiger partial charge in [0.15, 0.2) is 0 Å². The van der Waals surface area contributed by atoms with Gasteiger partial charge < -0.3 is 10.6 Å². The molecule has 2 unspecified atom stereocenters. The minimum atomic E-state index is 0.000781. The Hall–Kier alpha value is -0.870. The van der Waals surface area contributed by atoms with E-state index in [9.17, 15) is 4.79 Å². The van der Waals surface area contributed by atoms with Gasteiger partial charge in [0, 0.05) is 18.3 Å². The lowest BCUT2D eigenvalue weighted by Gasteiger charge is -2.26. The number of rotatable bonds is 6. The fraction of sp³-hybridized carbons (Fsp3) is 0.688. The Bertz CT molecular complexity index is 430. The minimum absolute atomic E-state index is 0.000781. The molecule has 1 saturated carbocycles. The van der Waals surface area contributed by atoms with E-state index in [1.54, 1.807) is 18.3 Å². The zero-order valence-electron chi connectivity index (χ0n) is 12.6. The number of anilines is 1. The first-order valence-corrected chi connectivity index (χ1v) is 8.57. The molecular formula is C16H26N2OS. The van der Waals surface area contributed by atoms with Crippen LogP contribution in [0.5, 0.6) is 0 Å². The third-order valence-corrected chi connectivity index (χ3v) is 5.04. The van der Waals surface area contributed by atoms with Crippen molar-refractivity contribution in [2.24, 2.45) is 11.8 Å². The van der Waals surface area contributed by atoms with Gasteiger partial charge in [0.1, 0.15) is 0 Å². The van der Waals surface area contributed by atoms with Gasteiger partial charge in [0.25, 0.3) is 0 Å². The van der Waals surface area contributed by atoms with Crippen LogP contribution in [-0.2, 0) is 11.3 Å². The molecule has 1 aromatic rings. The van der Waals surface area contributed by atoms with Gasteiger partial charge in [-0.2, -0.15) is 0 Å². The molecule has 2 rings (SSSR count). The Morgan fingerprint density at radius 1 is 1.45 bits per heavy atom. The van der Waals surface area contributed by atoms with E-state index in [1.807, 2.05) is 11.4 Å². The van der Waals surface area contributed by atoms with Crippen LogP contribution in [0.3, 0.4) is 0 Å². The molecule has 3 nitrogen and oxygen atoms in total. The molecule has 1 aliphatic carbocycles. The fourth-order valence-electron chi connectivity index (χ4n) is 3.11. The Labute approximate surface area is 126 Å². The van der Waals surface area contributed by atoms with Crippen molar-refractivity contribution in [3.63, 3.8) is 0 Å². The van der Waals surface area contributed by atoms with E-state index >= 15 is 0 Å². The number of amides is 1. The van der Waals surface area contributed by atoms with Gasteiger partial charge in [0.2, 0.25) is 5.91 Å². The van der Waals surface area contributed by atoms with Crippen LogP contribution in [0.1, 0.15) is 50.8 Å². The van der Waals surface area contributed by atoms with Gasteiger partial charge >= 0.3 is 0 Å². The third-order valence-electron chi connectivity index (χ3n) is 4.12. The van der Waals surface area contributed by atoms with Crippen LogP contribution in [0.2, 0.25) is 0 Å². The molecule has 0 bridgehead atoms. The van der Waals surface area contributed by atoms with Crippen molar-refractivity contribution in [2.45, 2.75) is 52.5 Å². The maximum Gasteiger partial charge on any atom is 0.221 e. The molecule has 0 saturated heterocycles. The molecule has 0 aromatic carbocycles. The molecule has 2 N–H and O–H groups in total. The van der Waals surface area contributed by atoms with Crippen molar-refractivity contribution >= 4 is 22.9 Å². The van der Waals surface area contributed by atoms with E-state index in [0.29, 0.717) is 0 Å². The second-order valence-corrected chi connectivity index (χ2v) is 7.04. The number of carbonyl (C=O) groups is 1. The predicted octanol–water partition coefficient (Wildman–Crippen LogP) is 4.01. The zero-order valence-corrected chi connectivity index (χ0v) is 13.4. The smallest absolute Gasteiger partial charge is 0.221 e. The predicted molar refractivity (Wildman–Crippen MR) is 86.1 cm³/mol. The van der Waals surface area contributed by atoms with E-state index in [2.05, 4.69) is 17.6 Å². The van der Waals surface area contributed by atoms with Crippen molar-refractivity contribution in [2.75, 3.05) is 11.9 Å². The molecule has 1 heterocycles. The van der Waals surface area contributed by atoms with Crippen LogP contribution < -0.4 is 10.6 Å². The Morgan fingerprint density at radius 3 is 3.05 bits per heavy atom. The molecule has 1 fully saturated rings. The van der Waals surface area contributed by atoms with Gasteiger partial charge in [-0.1, -0.05) is 26.2 Å². The summed E-state index contributed by atoms with van der Waals surface area (Å²) in [5.41, 5.74) is 0.960. The average Bonchev–Trinajstić information content (AvgIpc) is 2.81. The Balaban J connectivity index is 1.68. The first-order valence-electron chi connectivity index (χ1n) is 7.70. The highest BCUT2D eigenvalue weighted by Crippen LogP contribution is 2.30. The highest BCUT2D eigenvalue weighted by atomic mass is 32.1. The summed E-state index contributed by atoms with van der Waals surface area (Å²) in [7, 11) is 0. The first kappa shape index (κ1) is 15.5. The second-order valence-electron chi connectivity index (χ2n) is 6.04. The van der Waals surface area contributed by atoms with Crippen LogP contribution >= 0.6 is 11.3 Å². The van der Waals surface area contributed by atoms with E-state index in [-0.39, 0.29) is 5.91 Å². The second kappa shape index (κ2) is 7.79. The van der Waals surface area contributed by atoms with Crippen LogP contribution in [0.15, 0.2) is 11.4 Å². The molecule has 1 aromatic heterocycles. The van der Waals surface area contributed by atoms with Gasteiger partial charge in [-0.25, -0.2) is 0 Å². The average molecular weight is 294 g/mol. The number of nitrogens with one attached hydrogen (secondary N) is 2. The molecular weight excluding hydrogens is 268 g/mol. The highest BCUT2D eigenvalue weighted by Gasteiger charge is 2.18. The molecule has 0 aliphatic heterocycles. The summed E-state index contributed by atoms with van der Waals surface area (Å²) in [5, 5.41) is 8.44. The molecule has 1 amide bonds. The van der Waals surface area contributed by atoms with Crippen molar-refractivity contribution in [1.29, 1.82) is 0 Å². The first-order chi connectivity index (χ1) is 9.65. The highest BCUT2D eigenvalue weighted by molar-refractivity contribution is 7.10. The molecule has 20 heavy (non-hydrogen) atoms. The maximum atomic E-state index is 11.1. The van der Waals surface area contributed by atoms with E-state index in [1.165, 1.54) is 37.0 Å². The summed E-state index contributed by atoms with van der Waals surface area (Å²) in [6.07, 6.45) is 6.91. The quantitative estimate of drug-likeness (QED) is 0.778. The third kappa shape index (κ3) is 4.91. The van der Waals surface area contributed by atoms with Crippen LogP contribution in [-0.4, -0.2) is 12.5 Å². The molecule has 0 radical (unpaired) electrons. The van der Waals surface area contributed by atoms with Crippen LogP contribution in [0.4, 0.5) is 5.69 Å². The lowest BCUT2D eigenvalue weighted by molar-refractivity contribution is -0.114. The fourth-order valence-corrected chi connectivity index (χ4v) is 3.91. The summed E-state index contributed by atoms with van der Waals surface area (Å²) in [6, 6.07) is 1.98. The van der Waals surface area contributed by atoms with E-state index in [0.717, 1.165) is 30.6 Å². The molecule has 4 heteroatoms. The van der Waals surface area contributed by atoms with E-state index < -0.39 is 0 Å². The maximum absolute atomic E-state index is 11.1. The van der Waals surface area contributed by atoms with Gasteiger partial charge in [-0.15, -0.1) is 11.3 Å². The largest absolute Gasteiger partial charge is 0.325 e. The Morgan fingerprint density at radius 2 is 2.30 bits per heavy atom. The van der Waals surface area contributed by atoms with Crippen LogP contribution in [0.25, 0.3) is 0 Å². The summed E-state index contributed by atoms with van der Waals surface area (Å²) in [6.45, 7) is 5.87. The van der Waals surface area contributed by atoms with Crippen molar-refractivity contribution in [3.8, 4) is 0 Å². The SMILES string of the molecule is CC(=O)Nc1ccsc1CNCCC1CCCC(C)C1. The topological polar surface area (TPSA) is 41.1 Å². The van der Waals surface area contributed by atoms with Gasteiger partial charge in [-0.05, 0) is 42.7 Å². The molecule has 2 atom stereocenters. The van der Waals surface area contributed by atoms with E-state index in [4.69, 9.17) is 0 Å². The van der Waals surface area contributed by atoms with Gasteiger partial charge in [0.05, 0.1) is 5.69 Å². The summed E-state index contributed by atoms with van der Waals surface area (Å²) < 4.78 is 0. The molecule has 112 valence electrons. The van der Waals surface area contributed by atoms with Gasteiger partial charge in [-0.3, -0.25) is 4.79 Å². The normalized spacial score (nSPS) is 22.7. The summed E-state index contributed by atoms with van der Waals surface area (Å²) >= 11 is 1.70. The lowest BCUT2D eigenvalue weighted by Crippen LogP contribution is -2.21.